The number of rotatable bonds is 7. The summed E-state index contributed by atoms with van der Waals surface area (Å²) in [6.07, 6.45) is 7.98. The Balaban J connectivity index is 1.47. The number of hydrogen-bond acceptors (Lipinski definition) is 5. The lowest BCUT2D eigenvalue weighted by Gasteiger charge is -2.29. The lowest BCUT2D eigenvalue weighted by atomic mass is 9.99. The number of benzene rings is 2. The zero-order valence-corrected chi connectivity index (χ0v) is 20.3. The topological polar surface area (TPSA) is 63.3 Å². The summed E-state index contributed by atoms with van der Waals surface area (Å²) in [6.45, 7) is 3.84. The van der Waals surface area contributed by atoms with Crippen LogP contribution in [-0.4, -0.2) is 48.3 Å². The van der Waals surface area contributed by atoms with E-state index in [0.717, 1.165) is 78.2 Å². The Morgan fingerprint density at radius 1 is 0.914 bits per heavy atom. The van der Waals surface area contributed by atoms with E-state index < -0.39 is 0 Å². The molecule has 0 spiro atoms. The third-order valence-electron chi connectivity index (χ3n) is 6.97. The molecule has 6 nitrogen and oxygen atoms in total. The number of likely N-dealkylation sites (tertiary alicyclic amines) is 1. The van der Waals surface area contributed by atoms with E-state index in [9.17, 15) is 5.26 Å². The second-order valence-corrected chi connectivity index (χ2v) is 9.06. The predicted octanol–water partition coefficient (Wildman–Crippen LogP) is 5.62. The smallest absolute Gasteiger partial charge is 0.119 e. The molecule has 1 aliphatic heterocycles. The third kappa shape index (κ3) is 4.87. The fourth-order valence-corrected chi connectivity index (χ4v) is 4.90. The first-order valence-electron chi connectivity index (χ1n) is 12.1. The highest BCUT2D eigenvalue weighted by Crippen LogP contribution is 2.35. The Hall–Kier alpha value is -3.82. The number of methoxy groups -OCH3 is 2. The van der Waals surface area contributed by atoms with E-state index in [4.69, 9.17) is 9.47 Å². The maximum atomic E-state index is 9.18. The molecular formula is C29H30N4O2. The van der Waals surface area contributed by atoms with Gasteiger partial charge in [-0.3, -0.25) is 4.98 Å². The van der Waals surface area contributed by atoms with Crippen LogP contribution in [0.25, 0.3) is 33.2 Å². The number of aromatic nitrogens is 2. The van der Waals surface area contributed by atoms with Gasteiger partial charge in [-0.2, -0.15) is 5.26 Å². The highest BCUT2D eigenvalue weighted by atomic mass is 16.5. The van der Waals surface area contributed by atoms with Crippen LogP contribution in [0.15, 0.2) is 67.1 Å². The van der Waals surface area contributed by atoms with Crippen LogP contribution in [0, 0.1) is 17.2 Å². The van der Waals surface area contributed by atoms with Crippen molar-refractivity contribution in [3.05, 3.63) is 67.1 Å². The number of nitrogens with zero attached hydrogens (tertiary/aromatic N) is 4. The summed E-state index contributed by atoms with van der Waals surface area (Å²) >= 11 is 0. The summed E-state index contributed by atoms with van der Waals surface area (Å²) in [5.74, 6) is 1.88. The Kier molecular flexibility index (Phi) is 6.69. The van der Waals surface area contributed by atoms with Crippen LogP contribution in [0.4, 0.5) is 0 Å². The standard InChI is InChI=1S/C29H30N4O2/c1-34-25-5-3-4-22(15-25)23-14-24(19-31-18-23)28-20-33(29-7-6-26(35-2)16-27(28)29)13-12-32-10-8-21(17-30)9-11-32/h3-7,14-16,18-21H,8-13H2,1-2H3. The van der Waals surface area contributed by atoms with Gasteiger partial charge in [0.1, 0.15) is 11.5 Å². The first kappa shape index (κ1) is 22.9. The molecule has 4 aromatic rings. The number of nitriles is 1. The molecule has 0 bridgehead atoms. The van der Waals surface area contributed by atoms with Gasteiger partial charge in [0.2, 0.25) is 0 Å². The first-order valence-corrected chi connectivity index (χ1v) is 12.1. The predicted molar refractivity (Wildman–Crippen MR) is 138 cm³/mol. The summed E-state index contributed by atoms with van der Waals surface area (Å²) in [7, 11) is 3.38. The van der Waals surface area contributed by atoms with Crippen LogP contribution in [0.1, 0.15) is 12.8 Å². The summed E-state index contributed by atoms with van der Waals surface area (Å²) in [6, 6.07) is 18.9. The fourth-order valence-electron chi connectivity index (χ4n) is 4.90. The van der Waals surface area contributed by atoms with E-state index in [1.807, 2.05) is 36.7 Å². The second-order valence-electron chi connectivity index (χ2n) is 9.06. The minimum Gasteiger partial charge on any atom is -0.497 e. The molecule has 5 rings (SSSR count). The zero-order valence-electron chi connectivity index (χ0n) is 20.3. The molecular weight excluding hydrogens is 436 g/mol. The van der Waals surface area contributed by atoms with Gasteiger partial charge in [0.05, 0.1) is 20.3 Å². The summed E-state index contributed by atoms with van der Waals surface area (Å²) in [4.78, 5) is 7.04. The van der Waals surface area contributed by atoms with Crippen LogP contribution >= 0.6 is 0 Å². The van der Waals surface area contributed by atoms with Crippen molar-refractivity contribution < 1.29 is 9.47 Å². The van der Waals surface area contributed by atoms with Gasteiger partial charge in [0.25, 0.3) is 0 Å². The van der Waals surface area contributed by atoms with Gasteiger partial charge in [0.15, 0.2) is 0 Å². The minimum absolute atomic E-state index is 0.210. The van der Waals surface area contributed by atoms with Gasteiger partial charge in [-0.15, -0.1) is 0 Å². The molecule has 1 fully saturated rings. The average Bonchev–Trinajstić information content (AvgIpc) is 3.30. The highest BCUT2D eigenvalue weighted by Gasteiger charge is 2.19. The normalized spacial score (nSPS) is 14.7. The Morgan fingerprint density at radius 2 is 1.69 bits per heavy atom. The second kappa shape index (κ2) is 10.2. The molecule has 2 aromatic heterocycles. The van der Waals surface area contributed by atoms with E-state index in [1.165, 1.54) is 5.52 Å². The van der Waals surface area contributed by atoms with Crippen LogP contribution in [0.5, 0.6) is 11.5 Å². The van der Waals surface area contributed by atoms with Crippen molar-refractivity contribution in [2.75, 3.05) is 33.9 Å². The molecule has 0 radical (unpaired) electrons. The van der Waals surface area contributed by atoms with Gasteiger partial charge < -0.3 is 18.9 Å². The molecule has 0 saturated carbocycles. The molecule has 6 heteroatoms. The molecule has 0 atom stereocenters. The summed E-state index contributed by atoms with van der Waals surface area (Å²) in [5.41, 5.74) is 5.50. The molecule has 1 aliphatic rings. The molecule has 178 valence electrons. The van der Waals surface area contributed by atoms with E-state index in [-0.39, 0.29) is 5.92 Å². The number of hydrogen-bond donors (Lipinski definition) is 0. The number of fused-ring (bicyclic) bond motifs is 1. The van der Waals surface area contributed by atoms with Crippen molar-refractivity contribution in [3.8, 4) is 39.8 Å². The first-order chi connectivity index (χ1) is 17.2. The van der Waals surface area contributed by atoms with Crippen molar-refractivity contribution in [2.24, 2.45) is 5.92 Å². The largest absolute Gasteiger partial charge is 0.497 e. The Morgan fingerprint density at radius 3 is 2.46 bits per heavy atom. The molecule has 2 aromatic carbocycles. The molecule has 35 heavy (non-hydrogen) atoms. The monoisotopic (exact) mass is 466 g/mol. The Bertz CT molecular complexity index is 1360. The van der Waals surface area contributed by atoms with Gasteiger partial charge in [-0.1, -0.05) is 12.1 Å². The average molecular weight is 467 g/mol. The molecule has 3 heterocycles. The summed E-state index contributed by atoms with van der Waals surface area (Å²) < 4.78 is 13.3. The molecule has 0 unspecified atom stereocenters. The molecule has 0 aliphatic carbocycles. The lowest BCUT2D eigenvalue weighted by molar-refractivity contribution is 0.200. The zero-order chi connectivity index (χ0) is 24.2. The quantitative estimate of drug-likeness (QED) is 0.354. The van der Waals surface area contributed by atoms with Crippen LogP contribution in [0.2, 0.25) is 0 Å². The third-order valence-corrected chi connectivity index (χ3v) is 6.97. The Labute approximate surface area is 206 Å². The SMILES string of the molecule is COc1cccc(-c2cncc(-c3cn(CCN4CCC(C#N)CC4)c4ccc(OC)cc34)c2)c1. The van der Waals surface area contributed by atoms with Gasteiger partial charge in [0, 0.05) is 65.2 Å². The van der Waals surface area contributed by atoms with Crippen molar-refractivity contribution in [2.45, 2.75) is 19.4 Å². The van der Waals surface area contributed by atoms with Crippen LogP contribution in [0.3, 0.4) is 0 Å². The number of pyridine rings is 1. The van der Waals surface area contributed by atoms with Crippen LogP contribution < -0.4 is 9.47 Å². The molecule has 0 N–H and O–H groups in total. The van der Waals surface area contributed by atoms with E-state index in [2.05, 4.69) is 51.0 Å². The van der Waals surface area contributed by atoms with E-state index in [1.54, 1.807) is 14.2 Å². The van der Waals surface area contributed by atoms with Crippen molar-refractivity contribution in [3.63, 3.8) is 0 Å². The lowest BCUT2D eigenvalue weighted by Crippen LogP contribution is -2.35. The number of piperidine rings is 1. The van der Waals surface area contributed by atoms with Gasteiger partial charge in [-0.25, -0.2) is 0 Å². The minimum atomic E-state index is 0.210. The highest BCUT2D eigenvalue weighted by molar-refractivity contribution is 5.97. The molecule has 1 saturated heterocycles. The van der Waals surface area contributed by atoms with Gasteiger partial charge in [-0.05, 0) is 67.9 Å². The van der Waals surface area contributed by atoms with E-state index >= 15 is 0 Å². The fraction of sp³-hybridized carbons (Fsp3) is 0.310. The van der Waals surface area contributed by atoms with Crippen LogP contribution in [-0.2, 0) is 6.54 Å². The van der Waals surface area contributed by atoms with Crippen molar-refractivity contribution >= 4 is 10.9 Å². The van der Waals surface area contributed by atoms with Crippen molar-refractivity contribution in [1.82, 2.24) is 14.5 Å². The number of ether oxygens (including phenoxy) is 2. The summed E-state index contributed by atoms with van der Waals surface area (Å²) in [5, 5.41) is 10.3. The van der Waals surface area contributed by atoms with Gasteiger partial charge >= 0.3 is 0 Å². The maximum absolute atomic E-state index is 9.18. The maximum Gasteiger partial charge on any atom is 0.119 e. The molecule has 0 amide bonds. The van der Waals surface area contributed by atoms with Crippen molar-refractivity contribution in [1.29, 1.82) is 5.26 Å². The van der Waals surface area contributed by atoms with E-state index in [0.29, 0.717) is 0 Å².